The highest BCUT2D eigenvalue weighted by atomic mass is 16.3. The zero-order chi connectivity index (χ0) is 10.1. The van der Waals surface area contributed by atoms with E-state index in [-0.39, 0.29) is 0 Å². The summed E-state index contributed by atoms with van der Waals surface area (Å²) in [4.78, 5) is 4.17. The summed E-state index contributed by atoms with van der Waals surface area (Å²) in [6.45, 7) is 8.02. The number of hydrogen-bond acceptors (Lipinski definition) is 3. The van der Waals surface area contributed by atoms with Crippen molar-refractivity contribution in [1.29, 1.82) is 0 Å². The van der Waals surface area contributed by atoms with Crippen molar-refractivity contribution < 1.29 is 5.11 Å². The van der Waals surface area contributed by atoms with Crippen LogP contribution >= 0.6 is 0 Å². The first-order chi connectivity index (χ1) is 5.94. The Kier molecular flexibility index (Phi) is 2.71. The van der Waals surface area contributed by atoms with Crippen LogP contribution in [0.1, 0.15) is 31.9 Å². The molecule has 4 nitrogen and oxygen atoms in total. The number of hydrogen-bond donors (Lipinski definition) is 1. The van der Waals surface area contributed by atoms with Crippen LogP contribution in [0.3, 0.4) is 0 Å². The summed E-state index contributed by atoms with van der Waals surface area (Å²) in [6.07, 6.45) is 0.714. The van der Waals surface area contributed by atoms with Gasteiger partial charge >= 0.3 is 0 Å². The molecule has 0 saturated heterocycles. The molecule has 1 N–H and O–H groups in total. The summed E-state index contributed by atoms with van der Waals surface area (Å²) in [5, 5.41) is 14.0. The highest BCUT2D eigenvalue weighted by Crippen LogP contribution is 2.12. The van der Waals surface area contributed by atoms with Crippen LogP contribution in [0.15, 0.2) is 0 Å². The van der Waals surface area contributed by atoms with Crippen LogP contribution < -0.4 is 0 Å². The van der Waals surface area contributed by atoms with Gasteiger partial charge in [-0.15, -0.1) is 0 Å². The molecule has 0 fully saturated rings. The molecule has 0 aliphatic carbocycles. The second kappa shape index (κ2) is 3.46. The maximum Gasteiger partial charge on any atom is 0.147 e. The van der Waals surface area contributed by atoms with Gasteiger partial charge in [-0.1, -0.05) is 6.92 Å². The van der Waals surface area contributed by atoms with Crippen molar-refractivity contribution in [3.63, 3.8) is 0 Å². The van der Waals surface area contributed by atoms with E-state index in [9.17, 15) is 5.11 Å². The minimum Gasteiger partial charge on any atom is -0.388 e. The molecule has 74 valence electrons. The van der Waals surface area contributed by atoms with Crippen molar-refractivity contribution in [1.82, 2.24) is 14.8 Å². The molecule has 0 bridgehead atoms. The normalized spacial score (nSPS) is 15.8. The van der Waals surface area contributed by atoms with Crippen molar-refractivity contribution >= 4 is 0 Å². The van der Waals surface area contributed by atoms with Crippen molar-refractivity contribution in [2.45, 2.75) is 46.3 Å². The second-order valence-electron chi connectivity index (χ2n) is 3.71. The highest BCUT2D eigenvalue weighted by molar-refractivity contribution is 4.89. The summed E-state index contributed by atoms with van der Waals surface area (Å²) in [6, 6.07) is 0. The van der Waals surface area contributed by atoms with Crippen LogP contribution in [0.5, 0.6) is 0 Å². The molecular formula is C9H17N3O. The zero-order valence-electron chi connectivity index (χ0n) is 8.70. The SMILES string of the molecule is CCC(C)(O)Cn1nc(C)nc1C. The fraction of sp³-hybridized carbons (Fsp3) is 0.778. The lowest BCUT2D eigenvalue weighted by Gasteiger charge is -2.21. The Morgan fingerprint density at radius 3 is 2.46 bits per heavy atom. The van der Waals surface area contributed by atoms with Crippen LogP contribution in [-0.2, 0) is 6.54 Å². The third-order valence-corrected chi connectivity index (χ3v) is 2.21. The standard InChI is InChI=1S/C9H17N3O/c1-5-9(4,13)6-12-8(3)10-7(2)11-12/h13H,5-6H2,1-4H3. The number of aliphatic hydroxyl groups is 1. The summed E-state index contributed by atoms with van der Waals surface area (Å²) in [5.41, 5.74) is -0.690. The van der Waals surface area contributed by atoms with E-state index < -0.39 is 5.60 Å². The monoisotopic (exact) mass is 183 g/mol. The Labute approximate surface area is 78.6 Å². The van der Waals surface area contributed by atoms with E-state index in [0.29, 0.717) is 13.0 Å². The van der Waals surface area contributed by atoms with Crippen molar-refractivity contribution in [2.75, 3.05) is 0 Å². The fourth-order valence-electron chi connectivity index (χ4n) is 1.15. The van der Waals surface area contributed by atoms with Crippen molar-refractivity contribution in [3.8, 4) is 0 Å². The minimum atomic E-state index is -0.690. The number of nitrogens with zero attached hydrogens (tertiary/aromatic N) is 3. The van der Waals surface area contributed by atoms with Gasteiger partial charge in [0, 0.05) is 0 Å². The molecule has 1 aromatic rings. The molecule has 0 radical (unpaired) electrons. The van der Waals surface area contributed by atoms with Crippen LogP contribution in [0, 0.1) is 13.8 Å². The van der Waals surface area contributed by atoms with Crippen molar-refractivity contribution in [2.24, 2.45) is 0 Å². The Bertz CT molecular complexity index is 291. The molecule has 0 saturated carbocycles. The van der Waals surface area contributed by atoms with Crippen LogP contribution in [-0.4, -0.2) is 25.5 Å². The molecular weight excluding hydrogens is 166 g/mol. The number of aromatic nitrogens is 3. The van der Waals surface area contributed by atoms with Crippen LogP contribution in [0.2, 0.25) is 0 Å². The van der Waals surface area contributed by atoms with Gasteiger partial charge in [-0.25, -0.2) is 9.67 Å². The fourth-order valence-corrected chi connectivity index (χ4v) is 1.15. The minimum absolute atomic E-state index is 0.510. The van der Waals surface area contributed by atoms with E-state index in [4.69, 9.17) is 0 Å². The Balaban J connectivity index is 2.79. The van der Waals surface area contributed by atoms with E-state index in [0.717, 1.165) is 11.6 Å². The molecule has 4 heteroatoms. The molecule has 1 unspecified atom stereocenters. The van der Waals surface area contributed by atoms with E-state index in [1.807, 2.05) is 27.7 Å². The third kappa shape index (κ3) is 2.52. The van der Waals surface area contributed by atoms with Gasteiger partial charge in [-0.2, -0.15) is 5.10 Å². The lowest BCUT2D eigenvalue weighted by Crippen LogP contribution is -2.30. The first-order valence-corrected chi connectivity index (χ1v) is 4.55. The van der Waals surface area contributed by atoms with Gasteiger partial charge < -0.3 is 5.11 Å². The largest absolute Gasteiger partial charge is 0.388 e. The average Bonchev–Trinajstić information content (AvgIpc) is 2.30. The topological polar surface area (TPSA) is 50.9 Å². The number of rotatable bonds is 3. The molecule has 1 atom stereocenters. The summed E-state index contributed by atoms with van der Waals surface area (Å²) in [7, 11) is 0. The van der Waals surface area contributed by atoms with Gasteiger partial charge in [0.15, 0.2) is 0 Å². The molecule has 1 aromatic heterocycles. The van der Waals surface area contributed by atoms with E-state index >= 15 is 0 Å². The number of aryl methyl sites for hydroxylation is 2. The van der Waals surface area contributed by atoms with Gasteiger partial charge in [-0.3, -0.25) is 0 Å². The smallest absolute Gasteiger partial charge is 0.147 e. The van der Waals surface area contributed by atoms with Crippen molar-refractivity contribution in [3.05, 3.63) is 11.6 Å². The third-order valence-electron chi connectivity index (χ3n) is 2.21. The highest BCUT2D eigenvalue weighted by Gasteiger charge is 2.19. The molecule has 0 amide bonds. The lowest BCUT2D eigenvalue weighted by molar-refractivity contribution is 0.0337. The first kappa shape index (κ1) is 10.2. The Morgan fingerprint density at radius 1 is 1.46 bits per heavy atom. The average molecular weight is 183 g/mol. The quantitative estimate of drug-likeness (QED) is 0.762. The van der Waals surface area contributed by atoms with Gasteiger partial charge in [0.1, 0.15) is 11.6 Å². The predicted octanol–water partition coefficient (Wildman–Crippen LogP) is 1.06. The Morgan fingerprint density at radius 2 is 2.08 bits per heavy atom. The first-order valence-electron chi connectivity index (χ1n) is 4.55. The molecule has 1 rings (SSSR count). The maximum atomic E-state index is 9.82. The Hall–Kier alpha value is -0.900. The summed E-state index contributed by atoms with van der Waals surface area (Å²) < 4.78 is 1.75. The molecule has 1 heterocycles. The molecule has 0 aromatic carbocycles. The van der Waals surface area contributed by atoms with Gasteiger partial charge in [0.25, 0.3) is 0 Å². The lowest BCUT2D eigenvalue weighted by atomic mass is 10.0. The molecule has 0 aliphatic rings. The maximum absolute atomic E-state index is 9.82. The zero-order valence-corrected chi connectivity index (χ0v) is 8.70. The van der Waals surface area contributed by atoms with Gasteiger partial charge in [0.2, 0.25) is 0 Å². The molecule has 0 spiro atoms. The summed E-state index contributed by atoms with van der Waals surface area (Å²) in [5.74, 6) is 1.61. The van der Waals surface area contributed by atoms with E-state index in [1.54, 1.807) is 4.68 Å². The van der Waals surface area contributed by atoms with Gasteiger partial charge in [-0.05, 0) is 27.2 Å². The van der Waals surface area contributed by atoms with Gasteiger partial charge in [0.05, 0.1) is 12.1 Å². The van der Waals surface area contributed by atoms with E-state index in [2.05, 4.69) is 10.1 Å². The van der Waals surface area contributed by atoms with Crippen LogP contribution in [0.4, 0.5) is 0 Å². The molecule has 13 heavy (non-hydrogen) atoms. The van der Waals surface area contributed by atoms with Crippen LogP contribution in [0.25, 0.3) is 0 Å². The predicted molar refractivity (Wildman–Crippen MR) is 50.4 cm³/mol. The second-order valence-corrected chi connectivity index (χ2v) is 3.71. The summed E-state index contributed by atoms with van der Waals surface area (Å²) >= 11 is 0. The molecule has 0 aliphatic heterocycles. The van der Waals surface area contributed by atoms with E-state index in [1.165, 1.54) is 0 Å².